The molecule has 0 radical (unpaired) electrons. The average molecular weight is 525 g/mol. The van der Waals surface area contributed by atoms with Crippen molar-refractivity contribution in [2.24, 2.45) is 0 Å². The highest BCUT2D eigenvalue weighted by molar-refractivity contribution is 6.17. The predicted molar refractivity (Wildman–Crippen MR) is 170 cm³/mol. The van der Waals surface area contributed by atoms with Crippen LogP contribution in [0.2, 0.25) is 0 Å². The predicted octanol–water partition coefficient (Wildman–Crippen LogP) is 9.42. The number of nitrogens with zero attached hydrogens (tertiary/aromatic N) is 3. The Bertz CT molecular complexity index is 2410. The van der Waals surface area contributed by atoms with Gasteiger partial charge >= 0.3 is 0 Å². The van der Waals surface area contributed by atoms with Gasteiger partial charge in [-0.05, 0) is 71.8 Å². The molecule has 0 aliphatic carbocycles. The summed E-state index contributed by atoms with van der Waals surface area (Å²) < 4.78 is 4.37. The molecule has 0 fully saturated rings. The molecule has 3 heterocycles. The first-order valence-electron chi connectivity index (χ1n) is 13.9. The van der Waals surface area contributed by atoms with E-state index in [1.54, 1.807) is 0 Å². The molecule has 9 aromatic rings. The Morgan fingerprint density at radius 3 is 1.95 bits per heavy atom. The second-order valence-corrected chi connectivity index (χ2v) is 10.6. The Morgan fingerprint density at radius 1 is 0.463 bits per heavy atom. The van der Waals surface area contributed by atoms with Crippen molar-refractivity contribution in [2.75, 3.05) is 0 Å². The number of benzene rings is 6. The van der Waals surface area contributed by atoms with E-state index in [9.17, 15) is 0 Å². The van der Waals surface area contributed by atoms with E-state index >= 15 is 0 Å². The maximum absolute atomic E-state index is 4.72. The summed E-state index contributed by atoms with van der Waals surface area (Å²) in [6.45, 7) is 0. The summed E-state index contributed by atoms with van der Waals surface area (Å²) in [7, 11) is 0. The van der Waals surface area contributed by atoms with Gasteiger partial charge in [0.15, 0.2) is 0 Å². The molecular formula is C37H24N4. The van der Waals surface area contributed by atoms with Crippen LogP contribution in [-0.2, 0) is 0 Å². The van der Waals surface area contributed by atoms with Crippen LogP contribution < -0.4 is 0 Å². The van der Waals surface area contributed by atoms with E-state index in [4.69, 9.17) is 5.10 Å². The maximum Gasteiger partial charge on any atom is 0.0762 e. The van der Waals surface area contributed by atoms with E-state index in [0.29, 0.717) is 0 Å². The minimum absolute atomic E-state index is 1.06. The molecule has 192 valence electrons. The summed E-state index contributed by atoms with van der Waals surface area (Å²) in [4.78, 5) is 3.68. The molecule has 0 bridgehead atoms. The van der Waals surface area contributed by atoms with Crippen molar-refractivity contribution in [3.05, 3.63) is 140 Å². The lowest BCUT2D eigenvalue weighted by molar-refractivity contribution is 0.911. The molecule has 0 saturated heterocycles. The van der Waals surface area contributed by atoms with E-state index in [1.807, 2.05) is 29.1 Å². The Morgan fingerprint density at radius 2 is 1.12 bits per heavy atom. The number of fused-ring (bicyclic) bond motifs is 8. The molecule has 1 N–H and O–H groups in total. The number of aromatic amines is 1. The molecule has 0 aliphatic heterocycles. The molecule has 0 atom stereocenters. The van der Waals surface area contributed by atoms with Crippen LogP contribution in [0.5, 0.6) is 0 Å². The number of nitrogens with one attached hydrogen (secondary N) is 1. The molecule has 0 saturated carbocycles. The minimum Gasteiger partial charge on any atom is -0.354 e. The van der Waals surface area contributed by atoms with E-state index in [-0.39, 0.29) is 0 Å². The van der Waals surface area contributed by atoms with Gasteiger partial charge in [-0.2, -0.15) is 5.10 Å². The van der Waals surface area contributed by atoms with Crippen LogP contribution in [0.4, 0.5) is 0 Å². The molecule has 0 aliphatic rings. The zero-order valence-corrected chi connectivity index (χ0v) is 22.1. The maximum atomic E-state index is 4.72. The Kier molecular flexibility index (Phi) is 4.58. The van der Waals surface area contributed by atoms with Crippen molar-refractivity contribution in [1.82, 2.24) is 19.3 Å². The van der Waals surface area contributed by atoms with Crippen LogP contribution in [0.15, 0.2) is 140 Å². The second kappa shape index (κ2) is 8.44. The number of rotatable bonds is 3. The molecular weight excluding hydrogens is 500 g/mol. The van der Waals surface area contributed by atoms with Crippen molar-refractivity contribution >= 4 is 54.5 Å². The van der Waals surface area contributed by atoms with E-state index in [1.165, 1.54) is 49.4 Å². The van der Waals surface area contributed by atoms with Gasteiger partial charge in [-0.3, -0.25) is 0 Å². The lowest BCUT2D eigenvalue weighted by Gasteiger charge is -2.08. The summed E-state index contributed by atoms with van der Waals surface area (Å²) in [6, 6.07) is 47.6. The van der Waals surface area contributed by atoms with E-state index in [2.05, 4.69) is 125 Å². The first kappa shape index (κ1) is 22.2. The van der Waals surface area contributed by atoms with Crippen molar-refractivity contribution in [3.63, 3.8) is 0 Å². The third-order valence-electron chi connectivity index (χ3n) is 8.34. The van der Waals surface area contributed by atoms with Gasteiger partial charge in [-0.25, -0.2) is 4.68 Å². The number of para-hydroxylation sites is 3. The normalized spacial score (nSPS) is 11.9. The molecule has 0 amide bonds. The van der Waals surface area contributed by atoms with Gasteiger partial charge in [0.2, 0.25) is 0 Å². The molecule has 9 rings (SSSR count). The number of hydrogen-bond donors (Lipinski definition) is 1. The first-order valence-corrected chi connectivity index (χ1v) is 13.9. The lowest BCUT2D eigenvalue weighted by atomic mass is 10.0. The van der Waals surface area contributed by atoms with Crippen LogP contribution >= 0.6 is 0 Å². The molecule has 4 nitrogen and oxygen atoms in total. The van der Waals surface area contributed by atoms with Gasteiger partial charge in [0.1, 0.15) is 0 Å². The summed E-state index contributed by atoms with van der Waals surface area (Å²) in [5.41, 5.74) is 10.4. The third-order valence-corrected chi connectivity index (χ3v) is 8.34. The van der Waals surface area contributed by atoms with Gasteiger partial charge < -0.3 is 9.55 Å². The van der Waals surface area contributed by atoms with Crippen molar-refractivity contribution in [1.29, 1.82) is 0 Å². The highest BCUT2D eigenvalue weighted by Gasteiger charge is 2.15. The fourth-order valence-corrected chi connectivity index (χ4v) is 6.43. The fraction of sp³-hybridized carbons (Fsp3) is 0. The zero-order chi connectivity index (χ0) is 26.9. The number of aromatic nitrogens is 4. The van der Waals surface area contributed by atoms with Gasteiger partial charge in [-0.15, -0.1) is 0 Å². The van der Waals surface area contributed by atoms with E-state index in [0.717, 1.165) is 27.6 Å². The zero-order valence-electron chi connectivity index (χ0n) is 22.1. The largest absolute Gasteiger partial charge is 0.354 e. The molecule has 3 aromatic heterocycles. The summed E-state index contributed by atoms with van der Waals surface area (Å²) in [5.74, 6) is 0. The lowest BCUT2D eigenvalue weighted by Crippen LogP contribution is -1.94. The van der Waals surface area contributed by atoms with Crippen LogP contribution in [0.3, 0.4) is 0 Å². The van der Waals surface area contributed by atoms with Crippen molar-refractivity contribution in [2.45, 2.75) is 0 Å². The van der Waals surface area contributed by atoms with Crippen LogP contribution in [0.25, 0.3) is 77.0 Å². The minimum atomic E-state index is 1.06. The SMILES string of the molecule is c1ccc(-n2ncc3c4[nH]c5ccc(-c6ccc7c(c6)c6ccccc6n7-c6ccccc6)cc5c4ccc32)cc1. The molecule has 41 heavy (non-hydrogen) atoms. The monoisotopic (exact) mass is 524 g/mol. The number of H-pyrrole nitrogens is 1. The average Bonchev–Trinajstić information content (AvgIpc) is 3.73. The third kappa shape index (κ3) is 3.25. The number of hydrogen-bond acceptors (Lipinski definition) is 1. The summed E-state index contributed by atoms with van der Waals surface area (Å²) in [5, 5.41) is 10.8. The first-order chi connectivity index (χ1) is 20.3. The highest BCUT2D eigenvalue weighted by atomic mass is 15.3. The Balaban J connectivity index is 1.22. The van der Waals surface area contributed by atoms with Crippen LogP contribution in [0, 0.1) is 0 Å². The quantitative estimate of drug-likeness (QED) is 0.246. The highest BCUT2D eigenvalue weighted by Crippen LogP contribution is 2.37. The molecule has 0 spiro atoms. The van der Waals surface area contributed by atoms with Gasteiger partial charge in [0.05, 0.1) is 34.0 Å². The smallest absolute Gasteiger partial charge is 0.0762 e. The molecule has 4 heteroatoms. The van der Waals surface area contributed by atoms with Gasteiger partial charge in [0, 0.05) is 38.1 Å². The van der Waals surface area contributed by atoms with Gasteiger partial charge in [0.25, 0.3) is 0 Å². The van der Waals surface area contributed by atoms with E-state index < -0.39 is 0 Å². The van der Waals surface area contributed by atoms with Gasteiger partial charge in [-0.1, -0.05) is 72.8 Å². The molecule has 0 unspecified atom stereocenters. The molecule has 6 aromatic carbocycles. The fourth-order valence-electron chi connectivity index (χ4n) is 6.43. The van der Waals surface area contributed by atoms with Crippen molar-refractivity contribution < 1.29 is 0 Å². The standard InChI is InChI=1S/C37H24N4/c1-3-9-26(10-4-1)40-34-14-8-7-13-28(34)31-22-25(16-19-35(31)40)24-15-18-33-30(21-24)29-17-20-36-32(37(29)39-33)23-38-41(36)27-11-5-2-6-12-27/h1-23,39H. The van der Waals surface area contributed by atoms with Crippen LogP contribution in [-0.4, -0.2) is 19.3 Å². The Labute approximate surface area is 235 Å². The van der Waals surface area contributed by atoms with Crippen LogP contribution in [0.1, 0.15) is 0 Å². The summed E-state index contributed by atoms with van der Waals surface area (Å²) >= 11 is 0. The second-order valence-electron chi connectivity index (χ2n) is 10.6. The topological polar surface area (TPSA) is 38.5 Å². The Hall–Kier alpha value is -5.61. The van der Waals surface area contributed by atoms with Crippen molar-refractivity contribution in [3.8, 4) is 22.5 Å². The summed E-state index contributed by atoms with van der Waals surface area (Å²) in [6.07, 6.45) is 1.97.